The van der Waals surface area contributed by atoms with Crippen LogP contribution in [0.3, 0.4) is 0 Å². The number of rotatable bonds is 5. The molecule has 2 aromatic heterocycles. The minimum atomic E-state index is -0.419. The predicted octanol–water partition coefficient (Wildman–Crippen LogP) is 3.76. The molecule has 0 radical (unpaired) electrons. The van der Waals surface area contributed by atoms with Crippen LogP contribution in [0.1, 0.15) is 37.6 Å². The van der Waals surface area contributed by atoms with Crippen molar-refractivity contribution >= 4 is 28.6 Å². The summed E-state index contributed by atoms with van der Waals surface area (Å²) < 4.78 is 19.6. The number of benzene rings is 1. The number of urea groups is 1. The molecule has 0 bridgehead atoms. The maximum absolute atomic E-state index is 13.6. The summed E-state index contributed by atoms with van der Waals surface area (Å²) in [5.74, 6) is 0.828. The quantitative estimate of drug-likeness (QED) is 0.573. The topological polar surface area (TPSA) is 104 Å². The predicted molar refractivity (Wildman–Crippen MR) is 116 cm³/mol. The van der Waals surface area contributed by atoms with Crippen LogP contribution in [-0.4, -0.2) is 40.3 Å². The number of nitrogens with zero attached hydrogens (tertiary/aromatic N) is 3. The third-order valence-corrected chi connectivity index (χ3v) is 5.51. The van der Waals surface area contributed by atoms with Gasteiger partial charge in [-0.1, -0.05) is 13.8 Å². The fourth-order valence-electron chi connectivity index (χ4n) is 3.82. The number of hydrogen-bond acceptors (Lipinski definition) is 6. The largest absolute Gasteiger partial charge is 0.459 e. The molecule has 1 fully saturated rings. The molecule has 3 aromatic rings. The van der Waals surface area contributed by atoms with Crippen molar-refractivity contribution in [3.05, 3.63) is 47.7 Å². The Balaban J connectivity index is 1.46. The van der Waals surface area contributed by atoms with Gasteiger partial charge in [0.25, 0.3) is 0 Å². The van der Waals surface area contributed by atoms with Gasteiger partial charge in [-0.2, -0.15) is 0 Å². The summed E-state index contributed by atoms with van der Waals surface area (Å²) in [5.41, 5.74) is 1.83. The maximum atomic E-state index is 13.6. The molecular weight excluding hydrogens is 401 g/mol. The number of nitrogens with one attached hydrogen (secondary N) is 2. The van der Waals surface area contributed by atoms with Crippen molar-refractivity contribution in [1.82, 2.24) is 15.3 Å². The van der Waals surface area contributed by atoms with Gasteiger partial charge < -0.3 is 25.1 Å². The van der Waals surface area contributed by atoms with Gasteiger partial charge in [0, 0.05) is 24.0 Å². The number of halogens is 1. The molecule has 2 atom stereocenters. The summed E-state index contributed by atoms with van der Waals surface area (Å²) in [5, 5.41) is 16.0. The molecule has 31 heavy (non-hydrogen) atoms. The van der Waals surface area contributed by atoms with Crippen LogP contribution >= 0.6 is 0 Å². The number of amides is 2. The van der Waals surface area contributed by atoms with Gasteiger partial charge in [0.2, 0.25) is 5.95 Å². The highest BCUT2D eigenvalue weighted by molar-refractivity contribution is 5.89. The number of aliphatic hydroxyl groups is 1. The molecule has 1 aliphatic heterocycles. The van der Waals surface area contributed by atoms with E-state index in [1.807, 2.05) is 25.7 Å². The molecule has 3 heterocycles. The second-order valence-corrected chi connectivity index (χ2v) is 8.21. The van der Waals surface area contributed by atoms with E-state index < -0.39 is 12.1 Å². The molecule has 4 rings (SSSR count). The van der Waals surface area contributed by atoms with E-state index >= 15 is 0 Å². The minimum absolute atomic E-state index is 0.0371. The van der Waals surface area contributed by atoms with Gasteiger partial charge in [0.1, 0.15) is 17.2 Å². The molecule has 1 aromatic carbocycles. The summed E-state index contributed by atoms with van der Waals surface area (Å²) >= 11 is 0. The van der Waals surface area contributed by atoms with E-state index in [4.69, 9.17) is 4.42 Å². The Bertz CT molecular complexity index is 1080. The van der Waals surface area contributed by atoms with E-state index in [-0.39, 0.29) is 17.8 Å². The fourth-order valence-corrected chi connectivity index (χ4v) is 3.82. The fraction of sp³-hybridized carbons (Fsp3) is 0.409. The number of anilines is 2. The number of furan rings is 1. The van der Waals surface area contributed by atoms with Crippen LogP contribution in [0.2, 0.25) is 0 Å². The van der Waals surface area contributed by atoms with Crippen LogP contribution in [0.4, 0.5) is 20.8 Å². The van der Waals surface area contributed by atoms with Crippen LogP contribution in [0.25, 0.3) is 11.0 Å². The highest BCUT2D eigenvalue weighted by Gasteiger charge is 2.26. The zero-order valence-corrected chi connectivity index (χ0v) is 17.7. The lowest BCUT2D eigenvalue weighted by atomic mass is 9.98. The van der Waals surface area contributed by atoms with E-state index in [9.17, 15) is 14.3 Å². The number of fused-ring (bicyclic) bond motifs is 1. The Kier molecular flexibility index (Phi) is 5.77. The van der Waals surface area contributed by atoms with Gasteiger partial charge in [-0.05, 0) is 37.5 Å². The van der Waals surface area contributed by atoms with E-state index in [1.165, 1.54) is 24.5 Å². The van der Waals surface area contributed by atoms with E-state index in [2.05, 4.69) is 20.6 Å². The van der Waals surface area contributed by atoms with Crippen LogP contribution in [0.15, 0.2) is 35.0 Å². The monoisotopic (exact) mass is 427 g/mol. The molecule has 2 amide bonds. The molecule has 0 saturated carbocycles. The molecule has 9 heteroatoms. The summed E-state index contributed by atoms with van der Waals surface area (Å²) in [7, 11) is 0. The van der Waals surface area contributed by atoms with Crippen molar-refractivity contribution in [2.24, 2.45) is 5.92 Å². The number of aliphatic hydroxyl groups excluding tert-OH is 1. The number of hydrogen-bond donors (Lipinski definition) is 3. The Morgan fingerprint density at radius 3 is 2.71 bits per heavy atom. The average Bonchev–Trinajstić information content (AvgIpc) is 3.30. The van der Waals surface area contributed by atoms with E-state index in [0.29, 0.717) is 47.9 Å². The second-order valence-electron chi connectivity index (χ2n) is 8.21. The molecule has 164 valence electrons. The molecule has 0 aliphatic carbocycles. The van der Waals surface area contributed by atoms with Crippen molar-refractivity contribution in [2.45, 2.75) is 39.3 Å². The summed E-state index contributed by atoms with van der Waals surface area (Å²) in [6.07, 6.45) is 3.40. The third kappa shape index (κ3) is 4.46. The molecule has 1 aliphatic rings. The van der Waals surface area contributed by atoms with Gasteiger partial charge in [-0.15, -0.1) is 0 Å². The number of carbonyl (C=O) groups excluding carboxylic acids is 1. The van der Waals surface area contributed by atoms with Gasteiger partial charge in [-0.25, -0.2) is 19.2 Å². The van der Waals surface area contributed by atoms with Crippen molar-refractivity contribution < 1.29 is 18.7 Å². The molecule has 0 spiro atoms. The molecular formula is C22H26FN5O3. The zero-order chi connectivity index (χ0) is 22.1. The van der Waals surface area contributed by atoms with Gasteiger partial charge in [0.15, 0.2) is 0 Å². The minimum Gasteiger partial charge on any atom is -0.459 e. The Morgan fingerprint density at radius 1 is 1.32 bits per heavy atom. The average molecular weight is 427 g/mol. The summed E-state index contributed by atoms with van der Waals surface area (Å²) in [6.45, 7) is 7.01. The Labute approximate surface area is 179 Å². The smallest absolute Gasteiger partial charge is 0.319 e. The van der Waals surface area contributed by atoms with E-state index in [1.54, 1.807) is 6.07 Å². The third-order valence-electron chi connectivity index (χ3n) is 5.51. The van der Waals surface area contributed by atoms with Crippen LogP contribution in [-0.2, 0) is 0 Å². The van der Waals surface area contributed by atoms with Crippen LogP contribution in [0, 0.1) is 18.7 Å². The van der Waals surface area contributed by atoms with Crippen LogP contribution < -0.4 is 15.5 Å². The molecule has 8 nitrogen and oxygen atoms in total. The lowest BCUT2D eigenvalue weighted by Gasteiger charge is -2.21. The normalized spacial score (nSPS) is 17.4. The number of carbonyl (C=O) groups is 1. The second kappa shape index (κ2) is 8.50. The first-order valence-electron chi connectivity index (χ1n) is 10.3. The number of β-amino-alcohol motifs (C(OH)–C–C–N with tert-alkyl or cyclic N) is 1. The highest BCUT2D eigenvalue weighted by atomic mass is 19.1. The molecule has 3 N–H and O–H groups in total. The summed E-state index contributed by atoms with van der Waals surface area (Å²) in [4.78, 5) is 23.1. The van der Waals surface area contributed by atoms with Crippen LogP contribution in [0.5, 0.6) is 0 Å². The van der Waals surface area contributed by atoms with E-state index in [0.717, 1.165) is 5.56 Å². The summed E-state index contributed by atoms with van der Waals surface area (Å²) in [6, 6.07) is 3.57. The van der Waals surface area contributed by atoms with Gasteiger partial charge in [0.05, 0.1) is 30.2 Å². The molecule has 1 unspecified atom stereocenters. The SMILES string of the molecule is Cc1c(C(NC(=O)Nc2cnc(N3CC[C@@H](O)C3)nc2)C(C)C)oc2ccc(F)cc12. The Morgan fingerprint density at radius 2 is 2.06 bits per heavy atom. The lowest BCUT2D eigenvalue weighted by molar-refractivity contribution is 0.198. The lowest BCUT2D eigenvalue weighted by Crippen LogP contribution is -2.35. The number of aryl methyl sites for hydroxylation is 1. The standard InChI is InChI=1S/C22H26FN5O3/c1-12(2)19(20-13(3)17-8-14(23)4-5-18(17)31-20)27-22(30)26-15-9-24-21(25-10-15)28-7-6-16(29)11-28/h4-5,8-10,12,16,19,29H,6-7,11H2,1-3H3,(H2,26,27,30)/t16-,19?/m1/s1. The first-order chi connectivity index (χ1) is 14.8. The highest BCUT2D eigenvalue weighted by Crippen LogP contribution is 2.33. The molecule has 1 saturated heterocycles. The van der Waals surface area contributed by atoms with Crippen molar-refractivity contribution in [3.63, 3.8) is 0 Å². The Hall–Kier alpha value is -3.20. The van der Waals surface area contributed by atoms with Crippen molar-refractivity contribution in [1.29, 1.82) is 0 Å². The number of aromatic nitrogens is 2. The van der Waals surface area contributed by atoms with Crippen molar-refractivity contribution in [2.75, 3.05) is 23.3 Å². The van der Waals surface area contributed by atoms with Gasteiger partial charge in [-0.3, -0.25) is 0 Å². The van der Waals surface area contributed by atoms with Crippen molar-refractivity contribution in [3.8, 4) is 0 Å². The first kappa shape index (κ1) is 21.0. The van der Waals surface area contributed by atoms with Gasteiger partial charge >= 0.3 is 6.03 Å². The first-order valence-corrected chi connectivity index (χ1v) is 10.3. The maximum Gasteiger partial charge on any atom is 0.319 e. The zero-order valence-electron chi connectivity index (χ0n) is 17.7.